The van der Waals surface area contributed by atoms with Crippen molar-refractivity contribution in [2.45, 2.75) is 26.2 Å². The quantitative estimate of drug-likeness (QED) is 0.269. The van der Waals surface area contributed by atoms with Crippen LogP contribution in [0.5, 0.6) is 5.75 Å². The number of hydrogen-bond donors (Lipinski definition) is 2. The molecule has 0 amide bonds. The smallest absolute Gasteiger partial charge is 0.379 e. The summed E-state index contributed by atoms with van der Waals surface area (Å²) in [7, 11) is 1.29. The molecular formula is C19H20N4O5. The Hall–Kier alpha value is -3.62. The molecule has 0 saturated carbocycles. The van der Waals surface area contributed by atoms with Crippen LogP contribution in [0.4, 0.5) is 0 Å². The van der Waals surface area contributed by atoms with Gasteiger partial charge in [0.25, 0.3) is 0 Å². The summed E-state index contributed by atoms with van der Waals surface area (Å²) in [5, 5.41) is 7.78. The predicted molar refractivity (Wildman–Crippen MR) is 101 cm³/mol. The van der Waals surface area contributed by atoms with E-state index < -0.39 is 11.9 Å². The molecule has 1 aromatic carbocycles. The van der Waals surface area contributed by atoms with Crippen molar-refractivity contribution >= 4 is 23.6 Å². The Morgan fingerprint density at radius 2 is 1.82 bits per heavy atom. The molecule has 0 saturated heterocycles. The van der Waals surface area contributed by atoms with E-state index in [1.807, 2.05) is 0 Å². The maximum atomic E-state index is 12.6. The maximum Gasteiger partial charge on any atom is 0.379 e. The lowest BCUT2D eigenvalue weighted by Crippen LogP contribution is -2.22. The maximum absolute atomic E-state index is 12.6. The van der Waals surface area contributed by atoms with Gasteiger partial charge in [-0.05, 0) is 44.0 Å². The Kier molecular flexibility index (Phi) is 5.44. The zero-order valence-electron chi connectivity index (χ0n) is 15.5. The number of fused-ring (bicyclic) bond motifs is 1. The van der Waals surface area contributed by atoms with Crippen LogP contribution in [0.15, 0.2) is 38.9 Å². The van der Waals surface area contributed by atoms with Gasteiger partial charge in [-0.3, -0.25) is 0 Å². The number of furan rings is 1. The van der Waals surface area contributed by atoms with Crippen LogP contribution in [-0.2, 0) is 11.2 Å². The monoisotopic (exact) mass is 384 g/mol. The van der Waals surface area contributed by atoms with Crippen LogP contribution in [0.2, 0.25) is 0 Å². The van der Waals surface area contributed by atoms with Crippen LogP contribution in [-0.4, -0.2) is 30.7 Å². The van der Waals surface area contributed by atoms with Gasteiger partial charge in [0, 0.05) is 17.5 Å². The Morgan fingerprint density at radius 3 is 2.46 bits per heavy atom. The first-order valence-electron chi connectivity index (χ1n) is 8.59. The Balaban J connectivity index is 1.85. The third kappa shape index (κ3) is 3.88. The molecule has 1 aliphatic carbocycles. The number of nitrogens with zero attached hydrogens (tertiary/aromatic N) is 2. The molecule has 9 heteroatoms. The van der Waals surface area contributed by atoms with Gasteiger partial charge < -0.3 is 25.4 Å². The third-order valence-electron chi connectivity index (χ3n) is 4.28. The van der Waals surface area contributed by atoms with E-state index in [1.54, 1.807) is 6.92 Å². The first-order chi connectivity index (χ1) is 13.4. The van der Waals surface area contributed by atoms with E-state index in [1.165, 1.54) is 31.4 Å². The fourth-order valence-electron chi connectivity index (χ4n) is 3.01. The van der Waals surface area contributed by atoms with Crippen LogP contribution >= 0.6 is 0 Å². The van der Waals surface area contributed by atoms with E-state index in [0.29, 0.717) is 35.4 Å². The third-order valence-corrected chi connectivity index (χ3v) is 4.28. The van der Waals surface area contributed by atoms with Crippen molar-refractivity contribution in [3.05, 3.63) is 52.5 Å². The Bertz CT molecular complexity index is 969. The molecule has 0 spiro atoms. The highest BCUT2D eigenvalue weighted by Gasteiger charge is 2.29. The number of carbonyl (C=O) groups is 2. The van der Waals surface area contributed by atoms with Crippen molar-refractivity contribution in [3.63, 3.8) is 0 Å². The second kappa shape index (κ2) is 7.95. The van der Waals surface area contributed by atoms with Gasteiger partial charge in [0.15, 0.2) is 0 Å². The molecule has 9 nitrogen and oxygen atoms in total. The summed E-state index contributed by atoms with van der Waals surface area (Å²) in [4.78, 5) is 24.1. The summed E-state index contributed by atoms with van der Waals surface area (Å²) in [5.41, 5.74) is 13.1. The highest BCUT2D eigenvalue weighted by atomic mass is 16.5. The molecule has 1 heterocycles. The topological polar surface area (TPSA) is 142 Å². The Labute approximate surface area is 161 Å². The second-order valence-corrected chi connectivity index (χ2v) is 6.18. The number of nitrogens with two attached hydrogens (primary N) is 2. The van der Waals surface area contributed by atoms with Gasteiger partial charge in [-0.25, -0.2) is 9.59 Å². The molecule has 1 aliphatic rings. The van der Waals surface area contributed by atoms with E-state index in [9.17, 15) is 9.59 Å². The molecule has 28 heavy (non-hydrogen) atoms. The summed E-state index contributed by atoms with van der Waals surface area (Å²) >= 11 is 0. The van der Waals surface area contributed by atoms with E-state index in [2.05, 4.69) is 14.9 Å². The van der Waals surface area contributed by atoms with Gasteiger partial charge in [0.1, 0.15) is 11.5 Å². The SMILES string of the molecule is COC(=O)c1ccc(OC(=O)c2oc3c(c2C)/C(=N/N=C(N)N)CCC3)cc1. The van der Waals surface area contributed by atoms with Gasteiger partial charge >= 0.3 is 11.9 Å². The van der Waals surface area contributed by atoms with Gasteiger partial charge in [-0.15, -0.1) is 5.10 Å². The summed E-state index contributed by atoms with van der Waals surface area (Å²) in [6, 6.07) is 6.03. The van der Waals surface area contributed by atoms with E-state index >= 15 is 0 Å². The molecule has 146 valence electrons. The molecule has 0 radical (unpaired) electrons. The lowest BCUT2D eigenvalue weighted by Gasteiger charge is -2.11. The summed E-state index contributed by atoms with van der Waals surface area (Å²) in [6.07, 6.45) is 2.16. The largest absolute Gasteiger partial charge is 0.465 e. The van der Waals surface area contributed by atoms with Gasteiger partial charge in [0.2, 0.25) is 11.7 Å². The summed E-state index contributed by atoms with van der Waals surface area (Å²) in [6.45, 7) is 1.76. The predicted octanol–water partition coefficient (Wildman–Crippen LogP) is 1.91. The molecule has 0 atom stereocenters. The highest BCUT2D eigenvalue weighted by molar-refractivity contribution is 6.06. The zero-order valence-corrected chi connectivity index (χ0v) is 15.5. The fraction of sp³-hybridized carbons (Fsp3) is 0.263. The van der Waals surface area contributed by atoms with Crippen LogP contribution in [0.3, 0.4) is 0 Å². The lowest BCUT2D eigenvalue weighted by atomic mass is 9.93. The van der Waals surface area contributed by atoms with E-state index in [4.69, 9.17) is 20.6 Å². The number of methoxy groups -OCH3 is 1. The standard InChI is InChI=1S/C19H20N4O5/c1-10-15-13(22-23-19(20)21)4-3-5-14(15)28-16(10)18(25)27-12-8-6-11(7-9-12)17(24)26-2/h6-9H,3-5H2,1-2H3,(H4,20,21,23)/b22-13+. The minimum Gasteiger partial charge on any atom is -0.465 e. The van der Waals surface area contributed by atoms with Crippen LogP contribution in [0.1, 0.15) is 50.6 Å². The summed E-state index contributed by atoms with van der Waals surface area (Å²) < 4.78 is 15.8. The average Bonchev–Trinajstić information content (AvgIpc) is 3.03. The van der Waals surface area contributed by atoms with Crippen LogP contribution in [0, 0.1) is 6.92 Å². The molecule has 4 N–H and O–H groups in total. The fourth-order valence-corrected chi connectivity index (χ4v) is 3.01. The first-order valence-corrected chi connectivity index (χ1v) is 8.59. The molecule has 0 bridgehead atoms. The number of esters is 2. The van der Waals surface area contributed by atoms with E-state index in [-0.39, 0.29) is 17.5 Å². The van der Waals surface area contributed by atoms with Crippen molar-refractivity contribution < 1.29 is 23.5 Å². The Morgan fingerprint density at radius 1 is 1.11 bits per heavy atom. The number of ether oxygens (including phenoxy) is 2. The molecule has 0 aliphatic heterocycles. The molecule has 3 rings (SSSR count). The number of aryl methyl sites for hydroxylation is 1. The summed E-state index contributed by atoms with van der Waals surface area (Å²) in [5.74, 6) is -0.224. The minimum atomic E-state index is -0.640. The number of benzene rings is 1. The number of rotatable bonds is 4. The van der Waals surface area contributed by atoms with Crippen molar-refractivity contribution in [1.82, 2.24) is 0 Å². The number of carbonyl (C=O) groups excluding carboxylic acids is 2. The molecule has 1 aromatic heterocycles. The van der Waals surface area contributed by atoms with Crippen molar-refractivity contribution in [2.24, 2.45) is 21.7 Å². The number of hydrogen-bond acceptors (Lipinski definition) is 7. The zero-order chi connectivity index (χ0) is 20.3. The molecular weight excluding hydrogens is 364 g/mol. The molecule has 0 unspecified atom stereocenters. The van der Waals surface area contributed by atoms with Crippen molar-refractivity contribution in [2.75, 3.05) is 7.11 Å². The van der Waals surface area contributed by atoms with E-state index in [0.717, 1.165) is 12.0 Å². The molecule has 0 fully saturated rings. The van der Waals surface area contributed by atoms with Crippen LogP contribution in [0.25, 0.3) is 0 Å². The second-order valence-electron chi connectivity index (χ2n) is 6.18. The van der Waals surface area contributed by atoms with Gasteiger partial charge in [-0.1, -0.05) is 0 Å². The lowest BCUT2D eigenvalue weighted by molar-refractivity contribution is 0.0600. The van der Waals surface area contributed by atoms with Gasteiger partial charge in [0.05, 0.1) is 18.4 Å². The van der Waals surface area contributed by atoms with Crippen molar-refractivity contribution in [3.8, 4) is 5.75 Å². The van der Waals surface area contributed by atoms with Gasteiger partial charge in [-0.2, -0.15) is 5.10 Å². The normalized spacial score (nSPS) is 14.3. The van der Waals surface area contributed by atoms with Crippen LogP contribution < -0.4 is 16.2 Å². The number of guanidine groups is 1. The first kappa shape index (κ1) is 19.2. The van der Waals surface area contributed by atoms with Crippen molar-refractivity contribution in [1.29, 1.82) is 0 Å². The highest BCUT2D eigenvalue weighted by Crippen LogP contribution is 2.30. The minimum absolute atomic E-state index is 0.0985. The molecule has 2 aromatic rings. The average molecular weight is 384 g/mol.